The lowest BCUT2D eigenvalue weighted by atomic mass is 10.0. The van der Waals surface area contributed by atoms with Crippen molar-refractivity contribution in [2.75, 3.05) is 13.7 Å². The topological polar surface area (TPSA) is 64.6 Å². The van der Waals surface area contributed by atoms with Gasteiger partial charge in [-0.15, -0.1) is 0 Å². The van der Waals surface area contributed by atoms with E-state index >= 15 is 0 Å². The van der Waals surface area contributed by atoms with Gasteiger partial charge in [0, 0.05) is 6.08 Å². The van der Waals surface area contributed by atoms with E-state index < -0.39 is 11.5 Å². The number of methoxy groups -OCH3 is 1. The van der Waals surface area contributed by atoms with Crippen molar-refractivity contribution in [3.8, 4) is 0 Å². The zero-order valence-corrected chi connectivity index (χ0v) is 10.6. The average molecular weight is 261 g/mol. The SMILES string of the molecule is COC(=O)[C@@]1(COCc2ccccc2)C=CC(=O)N1. The summed E-state index contributed by atoms with van der Waals surface area (Å²) in [5.74, 6) is -0.864. The molecule has 0 radical (unpaired) electrons. The van der Waals surface area contributed by atoms with E-state index in [0.717, 1.165) is 5.56 Å². The maximum absolute atomic E-state index is 11.8. The molecular formula is C14H15NO4. The Bertz CT molecular complexity index is 497. The Labute approximate surface area is 111 Å². The molecule has 1 aromatic rings. The summed E-state index contributed by atoms with van der Waals surface area (Å²) in [5, 5.41) is 2.55. The number of ether oxygens (including phenoxy) is 2. The van der Waals surface area contributed by atoms with E-state index in [0.29, 0.717) is 6.61 Å². The summed E-state index contributed by atoms with van der Waals surface area (Å²) in [5.41, 5.74) is -0.212. The van der Waals surface area contributed by atoms with Crippen molar-refractivity contribution in [2.24, 2.45) is 0 Å². The van der Waals surface area contributed by atoms with Gasteiger partial charge in [0.2, 0.25) is 5.91 Å². The van der Waals surface area contributed by atoms with Crippen molar-refractivity contribution in [1.29, 1.82) is 0 Å². The van der Waals surface area contributed by atoms with Crippen molar-refractivity contribution >= 4 is 11.9 Å². The van der Waals surface area contributed by atoms with Crippen LogP contribution in [0, 0.1) is 0 Å². The highest BCUT2D eigenvalue weighted by Crippen LogP contribution is 2.16. The van der Waals surface area contributed by atoms with E-state index in [1.54, 1.807) is 0 Å². The summed E-state index contributed by atoms with van der Waals surface area (Å²) >= 11 is 0. The molecule has 1 aliphatic rings. The van der Waals surface area contributed by atoms with Gasteiger partial charge in [0.25, 0.3) is 0 Å². The number of nitrogens with one attached hydrogen (secondary N) is 1. The molecule has 0 fully saturated rings. The molecule has 1 aromatic carbocycles. The summed E-state index contributed by atoms with van der Waals surface area (Å²) in [4.78, 5) is 23.0. The first-order valence-corrected chi connectivity index (χ1v) is 5.88. The summed E-state index contributed by atoms with van der Waals surface area (Å²) in [7, 11) is 1.28. The molecule has 1 atom stereocenters. The fourth-order valence-electron chi connectivity index (χ4n) is 1.87. The van der Waals surface area contributed by atoms with Gasteiger partial charge in [-0.25, -0.2) is 4.79 Å². The minimum absolute atomic E-state index is 0.0385. The first-order chi connectivity index (χ1) is 9.16. The molecule has 1 amide bonds. The monoisotopic (exact) mass is 261 g/mol. The van der Waals surface area contributed by atoms with E-state index in [9.17, 15) is 9.59 Å². The molecule has 0 spiro atoms. The van der Waals surface area contributed by atoms with Crippen molar-refractivity contribution in [3.05, 3.63) is 48.0 Å². The largest absolute Gasteiger partial charge is 0.467 e. The summed E-state index contributed by atoms with van der Waals surface area (Å²) in [6.45, 7) is 0.403. The molecule has 1 N–H and O–H groups in total. The van der Waals surface area contributed by atoms with Crippen LogP contribution in [0.1, 0.15) is 5.56 Å². The molecule has 2 rings (SSSR count). The van der Waals surface area contributed by atoms with Crippen molar-refractivity contribution in [2.45, 2.75) is 12.1 Å². The van der Waals surface area contributed by atoms with Gasteiger partial charge in [-0.05, 0) is 11.6 Å². The minimum Gasteiger partial charge on any atom is -0.467 e. The molecule has 1 heterocycles. The molecule has 19 heavy (non-hydrogen) atoms. The van der Waals surface area contributed by atoms with Crippen LogP contribution in [0.2, 0.25) is 0 Å². The van der Waals surface area contributed by atoms with Gasteiger partial charge in [-0.3, -0.25) is 4.79 Å². The molecule has 0 aromatic heterocycles. The van der Waals surface area contributed by atoms with Crippen LogP contribution in [-0.4, -0.2) is 31.1 Å². The van der Waals surface area contributed by atoms with E-state index in [1.165, 1.54) is 19.3 Å². The van der Waals surface area contributed by atoms with E-state index in [-0.39, 0.29) is 12.5 Å². The number of rotatable bonds is 5. The Hall–Kier alpha value is -2.14. The second kappa shape index (κ2) is 5.67. The Morgan fingerprint density at radius 1 is 1.32 bits per heavy atom. The smallest absolute Gasteiger partial charge is 0.338 e. The Kier molecular flexibility index (Phi) is 3.97. The second-order valence-electron chi connectivity index (χ2n) is 4.26. The summed E-state index contributed by atoms with van der Waals surface area (Å²) < 4.78 is 10.2. The Morgan fingerprint density at radius 3 is 2.63 bits per heavy atom. The van der Waals surface area contributed by atoms with Gasteiger partial charge >= 0.3 is 5.97 Å². The number of hydrogen-bond acceptors (Lipinski definition) is 4. The van der Waals surface area contributed by atoms with Gasteiger partial charge in [0.05, 0.1) is 20.3 Å². The van der Waals surface area contributed by atoms with Crippen molar-refractivity contribution < 1.29 is 19.1 Å². The molecule has 5 nitrogen and oxygen atoms in total. The predicted octanol–water partition coefficient (Wildman–Crippen LogP) is 0.801. The van der Waals surface area contributed by atoms with Crippen LogP contribution in [-0.2, 0) is 25.7 Å². The van der Waals surface area contributed by atoms with Crippen LogP contribution in [0.3, 0.4) is 0 Å². The first-order valence-electron chi connectivity index (χ1n) is 5.88. The van der Waals surface area contributed by atoms with Crippen LogP contribution in [0.5, 0.6) is 0 Å². The van der Waals surface area contributed by atoms with E-state index in [1.807, 2.05) is 30.3 Å². The first kappa shape index (κ1) is 13.3. The van der Waals surface area contributed by atoms with Crippen LogP contribution in [0.4, 0.5) is 0 Å². The van der Waals surface area contributed by atoms with Crippen LogP contribution in [0.25, 0.3) is 0 Å². The maximum atomic E-state index is 11.8. The maximum Gasteiger partial charge on any atom is 0.338 e. The highest BCUT2D eigenvalue weighted by molar-refractivity contribution is 5.99. The highest BCUT2D eigenvalue weighted by atomic mass is 16.5. The van der Waals surface area contributed by atoms with Crippen LogP contribution < -0.4 is 5.32 Å². The number of hydrogen-bond donors (Lipinski definition) is 1. The zero-order valence-electron chi connectivity index (χ0n) is 10.6. The fourth-order valence-corrected chi connectivity index (χ4v) is 1.87. The Morgan fingerprint density at radius 2 is 2.05 bits per heavy atom. The lowest BCUT2D eigenvalue weighted by molar-refractivity contribution is -0.150. The number of carbonyl (C=O) groups is 2. The lowest BCUT2D eigenvalue weighted by Crippen LogP contribution is -2.53. The standard InChI is InChI=1S/C14H15NO4/c1-18-13(17)14(8-7-12(16)15-14)10-19-9-11-5-3-2-4-6-11/h2-8H,9-10H2,1H3,(H,15,16)/t14-/m0/s1. The highest BCUT2D eigenvalue weighted by Gasteiger charge is 2.42. The molecule has 0 bridgehead atoms. The molecule has 0 aliphatic carbocycles. The summed E-state index contributed by atoms with van der Waals surface area (Å²) in [6, 6.07) is 9.58. The zero-order chi connectivity index (χ0) is 13.7. The molecule has 1 aliphatic heterocycles. The average Bonchev–Trinajstić information content (AvgIpc) is 2.82. The minimum atomic E-state index is -1.21. The quantitative estimate of drug-likeness (QED) is 0.796. The summed E-state index contributed by atoms with van der Waals surface area (Å²) in [6.07, 6.45) is 2.79. The third kappa shape index (κ3) is 3.00. The molecule has 100 valence electrons. The predicted molar refractivity (Wildman–Crippen MR) is 68.1 cm³/mol. The molecule has 5 heteroatoms. The van der Waals surface area contributed by atoms with Crippen LogP contribution in [0.15, 0.2) is 42.5 Å². The normalized spacial score (nSPS) is 21.2. The van der Waals surface area contributed by atoms with Crippen molar-refractivity contribution in [3.63, 3.8) is 0 Å². The van der Waals surface area contributed by atoms with Crippen molar-refractivity contribution in [1.82, 2.24) is 5.32 Å². The third-order valence-corrected chi connectivity index (χ3v) is 2.86. The second-order valence-corrected chi connectivity index (χ2v) is 4.26. The van der Waals surface area contributed by atoms with E-state index in [2.05, 4.69) is 5.32 Å². The Balaban J connectivity index is 1.97. The third-order valence-electron chi connectivity index (χ3n) is 2.86. The lowest BCUT2D eigenvalue weighted by Gasteiger charge is -2.24. The molecule has 0 unspecified atom stereocenters. The molecule has 0 saturated carbocycles. The van der Waals surface area contributed by atoms with Gasteiger partial charge in [-0.1, -0.05) is 30.3 Å². The van der Waals surface area contributed by atoms with Gasteiger partial charge < -0.3 is 14.8 Å². The number of esters is 1. The van der Waals surface area contributed by atoms with E-state index in [4.69, 9.17) is 9.47 Å². The number of carbonyl (C=O) groups excluding carboxylic acids is 2. The van der Waals surface area contributed by atoms with Gasteiger partial charge in [-0.2, -0.15) is 0 Å². The molecular weight excluding hydrogens is 246 g/mol. The number of amides is 1. The molecule has 0 saturated heterocycles. The number of benzene rings is 1. The van der Waals surface area contributed by atoms with Gasteiger partial charge in [0.1, 0.15) is 0 Å². The van der Waals surface area contributed by atoms with Crippen LogP contribution >= 0.6 is 0 Å². The fraction of sp³-hybridized carbons (Fsp3) is 0.286. The van der Waals surface area contributed by atoms with Gasteiger partial charge in [0.15, 0.2) is 5.54 Å².